The number of halogens is 1. The lowest BCUT2D eigenvalue weighted by atomic mass is 10.2. The molecule has 0 unspecified atom stereocenters. The first-order valence-corrected chi connectivity index (χ1v) is 11.2. The van der Waals surface area contributed by atoms with Gasteiger partial charge in [-0.3, -0.25) is 0 Å². The van der Waals surface area contributed by atoms with E-state index in [-0.39, 0.29) is 12.3 Å². The molecule has 0 amide bonds. The van der Waals surface area contributed by atoms with Crippen LogP contribution in [-0.4, -0.2) is 40.2 Å². The van der Waals surface area contributed by atoms with Gasteiger partial charge in [0.2, 0.25) is 5.89 Å². The molecular weight excluding hydrogens is 504 g/mol. The Bertz CT molecular complexity index is 1360. The fraction of sp³-hybridized carbons (Fsp3) is 0.250. The number of carbonyl (C=O) groups is 1. The van der Waals surface area contributed by atoms with E-state index in [1.54, 1.807) is 50.9 Å². The van der Waals surface area contributed by atoms with Crippen molar-refractivity contribution in [3.8, 4) is 28.6 Å². The van der Waals surface area contributed by atoms with Gasteiger partial charge in [0.05, 0.1) is 31.2 Å². The average molecular weight is 527 g/mol. The van der Waals surface area contributed by atoms with Crippen molar-refractivity contribution in [3.05, 3.63) is 69.3 Å². The lowest BCUT2D eigenvalue weighted by Crippen LogP contribution is -2.09. The summed E-state index contributed by atoms with van der Waals surface area (Å²) in [4.78, 5) is 17.2. The van der Waals surface area contributed by atoms with Crippen LogP contribution >= 0.6 is 15.9 Å². The van der Waals surface area contributed by atoms with E-state index < -0.39 is 5.97 Å². The highest BCUT2D eigenvalue weighted by Gasteiger charge is 2.21. The number of benzene rings is 2. The summed E-state index contributed by atoms with van der Waals surface area (Å²) in [7, 11) is 3.14. The van der Waals surface area contributed by atoms with E-state index in [9.17, 15) is 4.79 Å². The summed E-state index contributed by atoms with van der Waals surface area (Å²) in [6, 6.07) is 11.1. The maximum atomic E-state index is 12.7. The normalized spacial score (nSPS) is 10.9. The van der Waals surface area contributed by atoms with Crippen LogP contribution in [0.3, 0.4) is 0 Å². The minimum absolute atomic E-state index is 0.0731. The predicted octanol–water partition coefficient (Wildman–Crippen LogP) is 4.98. The first-order chi connectivity index (χ1) is 16.3. The Morgan fingerprint density at radius 3 is 2.59 bits per heavy atom. The van der Waals surface area contributed by atoms with Gasteiger partial charge in [-0.1, -0.05) is 21.1 Å². The van der Waals surface area contributed by atoms with E-state index in [0.717, 1.165) is 15.7 Å². The molecule has 0 atom stereocenters. The first kappa shape index (κ1) is 23.5. The highest BCUT2D eigenvalue weighted by Crippen LogP contribution is 2.34. The van der Waals surface area contributed by atoms with Gasteiger partial charge in [-0.15, -0.1) is 5.10 Å². The average Bonchev–Trinajstić information content (AvgIpc) is 3.41. The zero-order valence-electron chi connectivity index (χ0n) is 19.4. The lowest BCUT2D eigenvalue weighted by molar-refractivity contribution is 0.0459. The molecule has 2 heterocycles. The van der Waals surface area contributed by atoms with Gasteiger partial charge in [-0.05, 0) is 56.7 Å². The molecule has 0 aliphatic rings. The van der Waals surface area contributed by atoms with Crippen LogP contribution in [0.15, 0.2) is 45.3 Å². The largest absolute Gasteiger partial charge is 0.497 e. The van der Waals surface area contributed by atoms with Gasteiger partial charge in [0.1, 0.15) is 29.6 Å². The van der Waals surface area contributed by atoms with Crippen LogP contribution in [0.1, 0.15) is 33.2 Å². The topological polar surface area (TPSA) is 102 Å². The third-order valence-corrected chi connectivity index (χ3v) is 6.24. The number of hydrogen-bond donors (Lipinski definition) is 0. The van der Waals surface area contributed by atoms with E-state index in [2.05, 4.69) is 31.2 Å². The standard InChI is InChI=1S/C24H23BrN4O5/c1-13-10-16(6-9-19(13)25)29-14(2)22(27-28-29)24(30)33-12-20-15(3)34-23(26-20)18-8-7-17(31-4)11-21(18)32-5/h6-11H,12H2,1-5H3. The molecule has 0 radical (unpaired) electrons. The third kappa shape index (κ3) is 4.54. The number of hydrogen-bond acceptors (Lipinski definition) is 8. The molecule has 0 saturated carbocycles. The molecule has 0 saturated heterocycles. The van der Waals surface area contributed by atoms with Gasteiger partial charge in [-0.2, -0.15) is 0 Å². The van der Waals surface area contributed by atoms with Crippen molar-refractivity contribution in [3.63, 3.8) is 0 Å². The molecule has 0 bridgehead atoms. The second-order valence-corrected chi connectivity index (χ2v) is 8.39. The van der Waals surface area contributed by atoms with Gasteiger partial charge in [-0.25, -0.2) is 14.5 Å². The van der Waals surface area contributed by atoms with Crippen LogP contribution in [0.5, 0.6) is 11.5 Å². The monoisotopic (exact) mass is 526 g/mol. The number of aromatic nitrogens is 4. The number of ether oxygens (including phenoxy) is 3. The molecule has 0 fully saturated rings. The molecule has 176 valence electrons. The maximum absolute atomic E-state index is 12.7. The number of nitrogens with zero attached hydrogens (tertiary/aromatic N) is 4. The quantitative estimate of drug-likeness (QED) is 0.310. The summed E-state index contributed by atoms with van der Waals surface area (Å²) < 4.78 is 24.5. The van der Waals surface area contributed by atoms with E-state index in [0.29, 0.717) is 40.1 Å². The summed E-state index contributed by atoms with van der Waals surface area (Å²) in [6.45, 7) is 5.43. The lowest BCUT2D eigenvalue weighted by Gasteiger charge is -2.07. The minimum atomic E-state index is -0.594. The van der Waals surface area contributed by atoms with Crippen molar-refractivity contribution < 1.29 is 23.4 Å². The molecule has 4 rings (SSSR count). The van der Waals surface area contributed by atoms with Gasteiger partial charge in [0.15, 0.2) is 5.69 Å². The SMILES string of the molecule is COc1ccc(-c2nc(COC(=O)c3nnn(-c4ccc(Br)c(C)c4)c3C)c(C)o2)c(OC)c1. The molecule has 0 aliphatic heterocycles. The molecule has 9 nitrogen and oxygen atoms in total. The molecule has 34 heavy (non-hydrogen) atoms. The van der Waals surface area contributed by atoms with Crippen molar-refractivity contribution in [1.82, 2.24) is 20.0 Å². The van der Waals surface area contributed by atoms with Crippen LogP contribution in [0, 0.1) is 20.8 Å². The number of esters is 1. The highest BCUT2D eigenvalue weighted by atomic mass is 79.9. The summed E-state index contributed by atoms with van der Waals surface area (Å²) in [5.74, 6) is 1.50. The summed E-state index contributed by atoms with van der Waals surface area (Å²) in [5, 5.41) is 8.14. The minimum Gasteiger partial charge on any atom is -0.497 e. The van der Waals surface area contributed by atoms with Crippen molar-refractivity contribution >= 4 is 21.9 Å². The van der Waals surface area contributed by atoms with Crippen LogP contribution in [0.4, 0.5) is 0 Å². The van der Waals surface area contributed by atoms with Crippen molar-refractivity contribution in [2.45, 2.75) is 27.4 Å². The fourth-order valence-electron chi connectivity index (χ4n) is 3.38. The smallest absolute Gasteiger partial charge is 0.361 e. The van der Waals surface area contributed by atoms with E-state index in [1.807, 2.05) is 25.1 Å². The zero-order valence-corrected chi connectivity index (χ0v) is 21.0. The Hall–Kier alpha value is -3.66. The second kappa shape index (κ2) is 9.68. The molecule has 2 aromatic heterocycles. The van der Waals surface area contributed by atoms with E-state index >= 15 is 0 Å². The van der Waals surface area contributed by atoms with Gasteiger partial charge in [0.25, 0.3) is 0 Å². The van der Waals surface area contributed by atoms with Crippen LogP contribution in [0.2, 0.25) is 0 Å². The van der Waals surface area contributed by atoms with Crippen LogP contribution in [-0.2, 0) is 11.3 Å². The third-order valence-electron chi connectivity index (χ3n) is 5.35. The highest BCUT2D eigenvalue weighted by molar-refractivity contribution is 9.10. The molecule has 2 aromatic carbocycles. The van der Waals surface area contributed by atoms with Gasteiger partial charge < -0.3 is 18.6 Å². The van der Waals surface area contributed by atoms with Crippen molar-refractivity contribution in [2.75, 3.05) is 14.2 Å². The molecule has 10 heteroatoms. The Morgan fingerprint density at radius 1 is 1.09 bits per heavy atom. The molecule has 0 spiro atoms. The Morgan fingerprint density at radius 2 is 1.88 bits per heavy atom. The summed E-state index contributed by atoms with van der Waals surface area (Å²) in [5.41, 5.74) is 3.71. The number of carbonyl (C=O) groups excluding carboxylic acids is 1. The van der Waals surface area contributed by atoms with Gasteiger partial charge in [0, 0.05) is 10.5 Å². The number of methoxy groups -OCH3 is 2. The zero-order chi connectivity index (χ0) is 24.4. The molecular formula is C24H23BrN4O5. The van der Waals surface area contributed by atoms with E-state index in [4.69, 9.17) is 18.6 Å². The summed E-state index contributed by atoms with van der Waals surface area (Å²) >= 11 is 3.48. The predicted molar refractivity (Wildman–Crippen MR) is 127 cm³/mol. The van der Waals surface area contributed by atoms with Crippen LogP contribution in [0.25, 0.3) is 17.1 Å². The second-order valence-electron chi connectivity index (χ2n) is 7.53. The number of rotatable bonds is 7. The number of aryl methyl sites for hydroxylation is 2. The molecule has 0 N–H and O–H groups in total. The molecule has 4 aromatic rings. The Labute approximate surface area is 204 Å². The number of oxazole rings is 1. The fourth-order valence-corrected chi connectivity index (χ4v) is 3.62. The Balaban J connectivity index is 1.51. The molecule has 0 aliphatic carbocycles. The van der Waals surface area contributed by atoms with Crippen molar-refractivity contribution in [2.24, 2.45) is 0 Å². The Kier molecular flexibility index (Phi) is 6.69. The summed E-state index contributed by atoms with van der Waals surface area (Å²) in [6.07, 6.45) is 0. The first-order valence-electron chi connectivity index (χ1n) is 10.4. The van der Waals surface area contributed by atoms with Crippen LogP contribution < -0.4 is 9.47 Å². The van der Waals surface area contributed by atoms with E-state index in [1.165, 1.54) is 0 Å². The van der Waals surface area contributed by atoms with Crippen molar-refractivity contribution in [1.29, 1.82) is 0 Å². The van der Waals surface area contributed by atoms with Gasteiger partial charge >= 0.3 is 5.97 Å². The maximum Gasteiger partial charge on any atom is 0.361 e.